The number of anilines is 1. The van der Waals surface area contributed by atoms with E-state index in [9.17, 15) is 19.2 Å². The Kier molecular flexibility index (Phi) is 7.72. The van der Waals surface area contributed by atoms with Crippen molar-refractivity contribution in [2.75, 3.05) is 18.0 Å². The first-order valence-corrected chi connectivity index (χ1v) is 13.0. The predicted octanol–water partition coefficient (Wildman–Crippen LogP) is 4.97. The SMILES string of the molecule is CCn1c(N2CCCCCC2)c(/C=C2\SC(=S)N(Cc3ccc(F)cc3)C2=O)c(C)c(C#N)c1=O. The number of halogens is 1. The van der Waals surface area contributed by atoms with E-state index < -0.39 is 0 Å². The number of aromatic nitrogens is 1. The molecule has 3 heterocycles. The summed E-state index contributed by atoms with van der Waals surface area (Å²) in [6, 6.07) is 8.06. The fourth-order valence-corrected chi connectivity index (χ4v) is 5.84. The van der Waals surface area contributed by atoms with Crippen LogP contribution in [0.5, 0.6) is 0 Å². The summed E-state index contributed by atoms with van der Waals surface area (Å²) >= 11 is 6.70. The molecular weight excluding hydrogens is 483 g/mol. The second kappa shape index (κ2) is 10.8. The third-order valence-corrected chi connectivity index (χ3v) is 7.85. The van der Waals surface area contributed by atoms with E-state index in [2.05, 4.69) is 11.0 Å². The van der Waals surface area contributed by atoms with Crippen LogP contribution in [0.4, 0.5) is 10.2 Å². The third-order valence-electron chi connectivity index (χ3n) is 6.47. The molecule has 1 amide bonds. The molecular formula is C26H27FN4O2S2. The van der Waals surface area contributed by atoms with E-state index in [4.69, 9.17) is 12.2 Å². The summed E-state index contributed by atoms with van der Waals surface area (Å²) in [6.45, 7) is 5.97. The van der Waals surface area contributed by atoms with Crippen LogP contribution < -0.4 is 10.5 Å². The van der Waals surface area contributed by atoms with Crippen molar-refractivity contribution in [3.05, 3.63) is 67.6 Å². The van der Waals surface area contributed by atoms with Crippen molar-refractivity contribution in [1.82, 2.24) is 9.47 Å². The first kappa shape index (κ1) is 25.1. The van der Waals surface area contributed by atoms with E-state index in [1.54, 1.807) is 29.7 Å². The maximum atomic E-state index is 13.3. The Hall–Kier alpha value is -2.96. The van der Waals surface area contributed by atoms with Crippen LogP contribution in [0.25, 0.3) is 6.08 Å². The Labute approximate surface area is 214 Å². The van der Waals surface area contributed by atoms with Gasteiger partial charge < -0.3 is 4.90 Å². The van der Waals surface area contributed by atoms with Gasteiger partial charge in [-0.05, 0) is 56.0 Å². The van der Waals surface area contributed by atoms with Crippen LogP contribution in [-0.2, 0) is 17.9 Å². The molecule has 1 aromatic carbocycles. The summed E-state index contributed by atoms with van der Waals surface area (Å²) in [4.78, 5) is 30.7. The number of carbonyl (C=O) groups excluding carboxylic acids is 1. The molecule has 0 unspecified atom stereocenters. The van der Waals surface area contributed by atoms with Crippen molar-refractivity contribution in [3.63, 3.8) is 0 Å². The highest BCUT2D eigenvalue weighted by Crippen LogP contribution is 2.37. The zero-order valence-corrected chi connectivity index (χ0v) is 21.5. The van der Waals surface area contributed by atoms with E-state index >= 15 is 0 Å². The minimum Gasteiger partial charge on any atom is -0.357 e. The fraction of sp³-hybridized carbons (Fsp3) is 0.385. The number of thioether (sulfide) groups is 1. The van der Waals surface area contributed by atoms with Gasteiger partial charge in [0.2, 0.25) is 0 Å². The van der Waals surface area contributed by atoms with Crippen LogP contribution in [0.15, 0.2) is 34.0 Å². The van der Waals surface area contributed by atoms with Gasteiger partial charge in [0.25, 0.3) is 11.5 Å². The van der Waals surface area contributed by atoms with Crippen LogP contribution in [0.1, 0.15) is 54.9 Å². The number of nitrogens with zero attached hydrogens (tertiary/aromatic N) is 4. The van der Waals surface area contributed by atoms with Crippen molar-refractivity contribution in [2.45, 2.75) is 52.6 Å². The number of carbonyl (C=O) groups is 1. The van der Waals surface area contributed by atoms with Crippen LogP contribution in [0.2, 0.25) is 0 Å². The molecule has 2 aliphatic rings. The van der Waals surface area contributed by atoms with Gasteiger partial charge in [-0.1, -0.05) is 49.0 Å². The molecule has 2 fully saturated rings. The number of benzene rings is 1. The Balaban J connectivity index is 1.79. The normalized spacial score (nSPS) is 17.7. The Morgan fingerprint density at radius 2 is 1.80 bits per heavy atom. The lowest BCUT2D eigenvalue weighted by Crippen LogP contribution is -2.35. The molecule has 0 bridgehead atoms. The number of pyridine rings is 1. The van der Waals surface area contributed by atoms with Gasteiger partial charge in [-0.15, -0.1) is 0 Å². The standard InChI is InChI=1S/C26H27FN4O2S2/c1-3-30-23(29-12-6-4-5-7-13-29)20(17(2)21(15-28)24(30)32)14-22-25(33)31(26(34)35-22)16-18-8-10-19(27)11-9-18/h8-11,14H,3-7,12-13,16H2,1-2H3/b22-14-. The van der Waals surface area contributed by atoms with Gasteiger partial charge in [0.15, 0.2) is 0 Å². The minimum absolute atomic E-state index is 0.0958. The number of nitriles is 1. The lowest BCUT2D eigenvalue weighted by molar-refractivity contribution is -0.122. The number of rotatable bonds is 5. The summed E-state index contributed by atoms with van der Waals surface area (Å²) < 4.78 is 15.4. The van der Waals surface area contributed by atoms with Gasteiger partial charge in [0.05, 0.1) is 11.4 Å². The molecule has 2 aromatic rings. The van der Waals surface area contributed by atoms with Crippen molar-refractivity contribution in [2.24, 2.45) is 0 Å². The second-order valence-electron chi connectivity index (χ2n) is 8.69. The molecule has 2 saturated heterocycles. The lowest BCUT2D eigenvalue weighted by atomic mass is 10.0. The van der Waals surface area contributed by atoms with E-state index in [0.717, 1.165) is 50.2 Å². The molecule has 0 radical (unpaired) electrons. The highest BCUT2D eigenvalue weighted by atomic mass is 32.2. The number of hydrogen-bond donors (Lipinski definition) is 0. The summed E-state index contributed by atoms with van der Waals surface area (Å²) in [6.07, 6.45) is 6.11. The number of thiocarbonyl (C=S) groups is 1. The summed E-state index contributed by atoms with van der Waals surface area (Å²) in [7, 11) is 0. The first-order chi connectivity index (χ1) is 16.8. The molecule has 35 heavy (non-hydrogen) atoms. The maximum Gasteiger partial charge on any atom is 0.270 e. The zero-order chi connectivity index (χ0) is 25.1. The van der Waals surface area contributed by atoms with Gasteiger partial charge in [0, 0.05) is 25.2 Å². The monoisotopic (exact) mass is 510 g/mol. The summed E-state index contributed by atoms with van der Waals surface area (Å²) in [5.74, 6) is 0.188. The molecule has 0 spiro atoms. The Morgan fingerprint density at radius 1 is 1.14 bits per heavy atom. The van der Waals surface area contributed by atoms with Crippen LogP contribution in [0.3, 0.4) is 0 Å². The van der Waals surface area contributed by atoms with Gasteiger partial charge in [-0.25, -0.2) is 4.39 Å². The van der Waals surface area contributed by atoms with Gasteiger partial charge in [0.1, 0.15) is 27.6 Å². The predicted molar refractivity (Wildman–Crippen MR) is 142 cm³/mol. The Morgan fingerprint density at radius 3 is 2.40 bits per heavy atom. The summed E-state index contributed by atoms with van der Waals surface area (Å²) in [5.41, 5.74) is 1.86. The maximum absolute atomic E-state index is 13.3. The average molecular weight is 511 g/mol. The molecule has 6 nitrogen and oxygen atoms in total. The van der Waals surface area contributed by atoms with Crippen LogP contribution in [0, 0.1) is 24.1 Å². The minimum atomic E-state index is -0.338. The first-order valence-electron chi connectivity index (χ1n) is 11.8. The fourth-order valence-electron chi connectivity index (χ4n) is 4.60. The van der Waals surface area contributed by atoms with E-state index in [-0.39, 0.29) is 29.4 Å². The number of amides is 1. The molecule has 0 aliphatic carbocycles. The zero-order valence-electron chi connectivity index (χ0n) is 19.8. The van der Waals surface area contributed by atoms with Gasteiger partial charge in [-0.2, -0.15) is 5.26 Å². The lowest BCUT2D eigenvalue weighted by Gasteiger charge is -2.29. The summed E-state index contributed by atoms with van der Waals surface area (Å²) in [5, 5.41) is 9.75. The van der Waals surface area contributed by atoms with Crippen LogP contribution >= 0.6 is 24.0 Å². The molecule has 9 heteroatoms. The Bertz CT molecular complexity index is 1290. The van der Waals surface area contributed by atoms with Crippen molar-refractivity contribution >= 4 is 46.1 Å². The molecule has 0 N–H and O–H groups in total. The van der Waals surface area contributed by atoms with Crippen molar-refractivity contribution in [3.8, 4) is 6.07 Å². The van der Waals surface area contributed by atoms with Crippen molar-refractivity contribution in [1.29, 1.82) is 5.26 Å². The van der Waals surface area contributed by atoms with E-state index in [1.807, 2.05) is 6.92 Å². The van der Waals surface area contributed by atoms with Gasteiger partial charge in [-0.3, -0.25) is 19.1 Å². The molecule has 0 saturated carbocycles. The molecule has 2 aliphatic heterocycles. The number of hydrogen-bond acceptors (Lipinski definition) is 6. The van der Waals surface area contributed by atoms with Crippen molar-refractivity contribution < 1.29 is 9.18 Å². The highest BCUT2D eigenvalue weighted by Gasteiger charge is 2.33. The second-order valence-corrected chi connectivity index (χ2v) is 10.4. The topological polar surface area (TPSA) is 69.3 Å². The highest BCUT2D eigenvalue weighted by molar-refractivity contribution is 8.26. The molecule has 1 aromatic heterocycles. The average Bonchev–Trinajstić information content (AvgIpc) is 3.02. The largest absolute Gasteiger partial charge is 0.357 e. The van der Waals surface area contributed by atoms with Gasteiger partial charge >= 0.3 is 0 Å². The quantitative estimate of drug-likeness (QED) is 0.418. The van der Waals surface area contributed by atoms with E-state index in [1.165, 1.54) is 28.8 Å². The van der Waals surface area contributed by atoms with E-state index in [0.29, 0.717) is 26.9 Å². The van der Waals surface area contributed by atoms with Crippen LogP contribution in [-0.4, -0.2) is 32.8 Å². The smallest absolute Gasteiger partial charge is 0.270 e. The third kappa shape index (κ3) is 5.04. The molecule has 0 atom stereocenters. The molecule has 4 rings (SSSR count). The molecule has 182 valence electrons.